The van der Waals surface area contributed by atoms with Gasteiger partial charge in [0.2, 0.25) is 10.0 Å². The zero-order chi connectivity index (χ0) is 11.5. The van der Waals surface area contributed by atoms with Crippen molar-refractivity contribution in [3.63, 3.8) is 0 Å². The molecule has 1 N–H and O–H groups in total. The van der Waals surface area contributed by atoms with Crippen molar-refractivity contribution in [2.75, 3.05) is 10.5 Å². The van der Waals surface area contributed by atoms with Gasteiger partial charge in [-0.05, 0) is 34.0 Å². The number of halogens is 1. The van der Waals surface area contributed by atoms with E-state index >= 15 is 0 Å². The van der Waals surface area contributed by atoms with E-state index in [1.54, 1.807) is 12.1 Å². The lowest BCUT2D eigenvalue weighted by Gasteiger charge is -2.09. The summed E-state index contributed by atoms with van der Waals surface area (Å²) < 4.78 is 26.2. The Bertz CT molecular complexity index is 414. The van der Waals surface area contributed by atoms with Crippen molar-refractivity contribution >= 4 is 31.6 Å². The maximum absolute atomic E-state index is 11.5. The van der Waals surface area contributed by atoms with Crippen LogP contribution in [0.15, 0.2) is 22.9 Å². The largest absolute Gasteiger partial charge is 0.282 e. The minimum atomic E-state index is -3.25. The normalized spacial score (nSPS) is 11.7. The molecule has 0 radical (unpaired) electrons. The number of sulfonamides is 1. The van der Waals surface area contributed by atoms with Crippen molar-refractivity contribution < 1.29 is 8.42 Å². The monoisotopic (exact) mass is 292 g/mol. The zero-order valence-corrected chi connectivity index (χ0v) is 11.0. The van der Waals surface area contributed by atoms with Crippen LogP contribution in [-0.4, -0.2) is 19.2 Å². The van der Waals surface area contributed by atoms with Gasteiger partial charge in [-0.25, -0.2) is 13.4 Å². The van der Waals surface area contributed by atoms with Crippen molar-refractivity contribution in [3.8, 4) is 0 Å². The van der Waals surface area contributed by atoms with Gasteiger partial charge in [0.05, 0.1) is 17.6 Å². The fourth-order valence-electron chi connectivity index (χ4n) is 1.10. The van der Waals surface area contributed by atoms with Gasteiger partial charge < -0.3 is 0 Å². The Morgan fingerprint density at radius 1 is 1.47 bits per heavy atom. The Morgan fingerprint density at radius 3 is 2.60 bits per heavy atom. The molecule has 0 saturated carbocycles. The van der Waals surface area contributed by atoms with E-state index in [9.17, 15) is 8.42 Å². The first-order chi connectivity index (χ1) is 6.89. The van der Waals surface area contributed by atoms with Crippen LogP contribution in [-0.2, 0) is 10.0 Å². The van der Waals surface area contributed by atoms with Crippen molar-refractivity contribution in [1.29, 1.82) is 0 Å². The average molecular weight is 293 g/mol. The molecule has 0 unspecified atom stereocenters. The van der Waals surface area contributed by atoms with Crippen LogP contribution in [0.25, 0.3) is 0 Å². The van der Waals surface area contributed by atoms with Crippen LogP contribution in [0, 0.1) is 5.92 Å². The molecule has 4 nitrogen and oxygen atoms in total. The first-order valence-electron chi connectivity index (χ1n) is 4.51. The van der Waals surface area contributed by atoms with E-state index in [0.29, 0.717) is 10.3 Å². The highest BCUT2D eigenvalue weighted by Crippen LogP contribution is 2.12. The summed E-state index contributed by atoms with van der Waals surface area (Å²) in [4.78, 5) is 3.93. The molecule has 6 heteroatoms. The highest BCUT2D eigenvalue weighted by molar-refractivity contribution is 9.10. The molecule has 15 heavy (non-hydrogen) atoms. The third-order valence-corrected chi connectivity index (χ3v) is 3.67. The van der Waals surface area contributed by atoms with Gasteiger partial charge in [-0.3, -0.25) is 4.72 Å². The van der Waals surface area contributed by atoms with Crippen molar-refractivity contribution in [1.82, 2.24) is 4.98 Å². The highest BCUT2D eigenvalue weighted by atomic mass is 79.9. The third kappa shape index (κ3) is 4.61. The smallest absolute Gasteiger partial charge is 0.233 e. The Labute approximate surface area is 98.3 Å². The molecule has 0 aliphatic heterocycles. The lowest BCUT2D eigenvalue weighted by molar-refractivity contribution is 0.587. The summed E-state index contributed by atoms with van der Waals surface area (Å²) in [5.41, 5.74) is 0.485. The van der Waals surface area contributed by atoms with E-state index in [1.807, 2.05) is 13.8 Å². The molecule has 0 aliphatic carbocycles. The molecule has 0 spiro atoms. The molecule has 0 saturated heterocycles. The number of hydrogen-bond donors (Lipinski definition) is 1. The number of anilines is 1. The van der Waals surface area contributed by atoms with E-state index in [2.05, 4.69) is 25.6 Å². The molecular formula is C9H13BrN2O2S. The topological polar surface area (TPSA) is 59.1 Å². The van der Waals surface area contributed by atoms with Gasteiger partial charge >= 0.3 is 0 Å². The third-order valence-electron chi connectivity index (χ3n) is 1.55. The van der Waals surface area contributed by atoms with Gasteiger partial charge in [0.1, 0.15) is 4.60 Å². The Kier molecular flexibility index (Phi) is 4.10. The molecule has 84 valence electrons. The van der Waals surface area contributed by atoms with Crippen LogP contribution in [0.3, 0.4) is 0 Å². The molecule has 1 rings (SSSR count). The number of nitrogens with zero attached hydrogens (tertiary/aromatic N) is 1. The molecule has 0 bridgehead atoms. The molecule has 0 fully saturated rings. The van der Waals surface area contributed by atoms with Crippen LogP contribution in [0.4, 0.5) is 5.69 Å². The van der Waals surface area contributed by atoms with Gasteiger partial charge in [-0.1, -0.05) is 13.8 Å². The molecule has 0 atom stereocenters. The highest BCUT2D eigenvalue weighted by Gasteiger charge is 2.12. The molecule has 1 heterocycles. The Morgan fingerprint density at radius 2 is 2.13 bits per heavy atom. The fourth-order valence-corrected chi connectivity index (χ4v) is 2.77. The number of pyridine rings is 1. The standard InChI is InChI=1S/C9H13BrN2O2S/c1-7(2)6-15(13,14)12-8-3-4-9(10)11-5-8/h3-5,7,12H,6H2,1-2H3. The van der Waals surface area contributed by atoms with E-state index in [0.717, 1.165) is 0 Å². The minimum Gasteiger partial charge on any atom is -0.282 e. The fraction of sp³-hybridized carbons (Fsp3) is 0.444. The van der Waals surface area contributed by atoms with Crippen LogP contribution in [0.2, 0.25) is 0 Å². The van der Waals surface area contributed by atoms with E-state index in [4.69, 9.17) is 0 Å². The van der Waals surface area contributed by atoms with E-state index < -0.39 is 10.0 Å². The van der Waals surface area contributed by atoms with E-state index in [1.165, 1.54) is 6.20 Å². The molecule has 0 aromatic carbocycles. The van der Waals surface area contributed by atoms with E-state index in [-0.39, 0.29) is 11.7 Å². The van der Waals surface area contributed by atoms with Crippen LogP contribution in [0.1, 0.15) is 13.8 Å². The second kappa shape index (κ2) is 4.94. The van der Waals surface area contributed by atoms with Gasteiger partial charge in [0.25, 0.3) is 0 Å². The maximum atomic E-state index is 11.5. The lowest BCUT2D eigenvalue weighted by Crippen LogP contribution is -2.20. The summed E-state index contributed by atoms with van der Waals surface area (Å²) in [6, 6.07) is 3.35. The van der Waals surface area contributed by atoms with Gasteiger partial charge in [-0.15, -0.1) is 0 Å². The predicted molar refractivity (Wildman–Crippen MR) is 64.2 cm³/mol. The molecular weight excluding hydrogens is 280 g/mol. The zero-order valence-electron chi connectivity index (χ0n) is 8.57. The first kappa shape index (κ1) is 12.4. The second-order valence-electron chi connectivity index (χ2n) is 3.65. The number of nitrogens with one attached hydrogen (secondary N) is 1. The van der Waals surface area contributed by atoms with Crippen LogP contribution >= 0.6 is 15.9 Å². The number of aromatic nitrogens is 1. The number of rotatable bonds is 4. The maximum Gasteiger partial charge on any atom is 0.233 e. The molecule has 0 aliphatic rings. The predicted octanol–water partition coefficient (Wildman–Crippen LogP) is 2.24. The summed E-state index contributed by atoms with van der Waals surface area (Å²) in [6.07, 6.45) is 1.47. The lowest BCUT2D eigenvalue weighted by atomic mass is 10.3. The summed E-state index contributed by atoms with van der Waals surface area (Å²) in [7, 11) is -3.25. The quantitative estimate of drug-likeness (QED) is 0.866. The van der Waals surface area contributed by atoms with Crippen molar-refractivity contribution in [3.05, 3.63) is 22.9 Å². The first-order valence-corrected chi connectivity index (χ1v) is 6.95. The summed E-state index contributed by atoms with van der Waals surface area (Å²) in [6.45, 7) is 3.72. The minimum absolute atomic E-state index is 0.103. The molecule has 1 aromatic heterocycles. The van der Waals surface area contributed by atoms with Gasteiger partial charge in [0.15, 0.2) is 0 Å². The Hall–Kier alpha value is -0.620. The van der Waals surface area contributed by atoms with Crippen molar-refractivity contribution in [2.45, 2.75) is 13.8 Å². The molecule has 1 aromatic rings. The summed E-state index contributed by atoms with van der Waals surface area (Å²) >= 11 is 3.18. The second-order valence-corrected chi connectivity index (χ2v) is 6.23. The SMILES string of the molecule is CC(C)CS(=O)(=O)Nc1ccc(Br)nc1. The molecule has 0 amide bonds. The summed E-state index contributed by atoms with van der Waals surface area (Å²) in [5, 5.41) is 0. The van der Waals surface area contributed by atoms with Crippen molar-refractivity contribution in [2.24, 2.45) is 5.92 Å². The average Bonchev–Trinajstić information content (AvgIpc) is 2.06. The van der Waals surface area contributed by atoms with Gasteiger partial charge in [-0.2, -0.15) is 0 Å². The Balaban J connectivity index is 2.73. The van der Waals surface area contributed by atoms with Crippen LogP contribution < -0.4 is 4.72 Å². The van der Waals surface area contributed by atoms with Crippen LogP contribution in [0.5, 0.6) is 0 Å². The number of hydrogen-bond acceptors (Lipinski definition) is 3. The summed E-state index contributed by atoms with van der Waals surface area (Å²) in [5.74, 6) is 0.217. The van der Waals surface area contributed by atoms with Gasteiger partial charge in [0, 0.05) is 0 Å².